The highest BCUT2D eigenvalue weighted by molar-refractivity contribution is 5.90. The summed E-state index contributed by atoms with van der Waals surface area (Å²) in [7, 11) is 0. The van der Waals surface area contributed by atoms with Gasteiger partial charge in [0, 0.05) is 11.6 Å². The third-order valence-corrected chi connectivity index (χ3v) is 3.02. The Hall–Kier alpha value is -3.23. The fraction of sp³-hybridized carbons (Fsp3) is 0.0667. The van der Waals surface area contributed by atoms with Gasteiger partial charge in [-0.3, -0.25) is 4.79 Å². The molecule has 0 fully saturated rings. The molecule has 0 bridgehead atoms. The number of hydrogen-bond acceptors (Lipinski definition) is 4. The van der Waals surface area contributed by atoms with Crippen molar-refractivity contribution in [2.75, 3.05) is 5.32 Å². The molecular weight excluding hydrogens is 323 g/mol. The zero-order valence-corrected chi connectivity index (χ0v) is 12.1. The molecule has 3 aromatic rings. The van der Waals surface area contributed by atoms with Gasteiger partial charge in [0.05, 0.1) is 5.69 Å². The molecule has 1 amide bonds. The van der Waals surface area contributed by atoms with Crippen molar-refractivity contribution in [2.45, 2.75) is 6.54 Å². The first-order chi connectivity index (χ1) is 11.5. The number of carbonyl (C=O) groups excluding carboxylic acids is 1. The van der Waals surface area contributed by atoms with E-state index in [-0.39, 0.29) is 18.1 Å². The number of carbonyl (C=O) groups is 1. The highest BCUT2D eigenvalue weighted by Gasteiger charge is 2.12. The Balaban J connectivity index is 1.70. The van der Waals surface area contributed by atoms with Crippen molar-refractivity contribution in [3.05, 3.63) is 59.9 Å². The largest absolute Gasteiger partial charge is 0.322 e. The molecule has 0 aliphatic rings. The minimum Gasteiger partial charge on any atom is -0.322 e. The lowest BCUT2D eigenvalue weighted by Crippen LogP contribution is -2.21. The molecule has 2 aromatic carbocycles. The van der Waals surface area contributed by atoms with Gasteiger partial charge in [0.15, 0.2) is 0 Å². The van der Waals surface area contributed by atoms with Gasteiger partial charge >= 0.3 is 0 Å². The molecular formula is C15H10F3N5O. The fourth-order valence-electron chi connectivity index (χ4n) is 1.96. The van der Waals surface area contributed by atoms with Crippen molar-refractivity contribution >= 4 is 11.6 Å². The molecule has 1 heterocycles. The summed E-state index contributed by atoms with van der Waals surface area (Å²) in [5.74, 6) is -2.43. The third kappa shape index (κ3) is 3.57. The van der Waals surface area contributed by atoms with E-state index in [0.717, 1.165) is 23.0 Å². The van der Waals surface area contributed by atoms with Gasteiger partial charge in [0.25, 0.3) is 0 Å². The molecule has 24 heavy (non-hydrogen) atoms. The summed E-state index contributed by atoms with van der Waals surface area (Å²) in [6.07, 6.45) is 0. The normalized spacial score (nSPS) is 10.6. The van der Waals surface area contributed by atoms with Crippen LogP contribution in [0.25, 0.3) is 11.4 Å². The minimum atomic E-state index is -0.767. The topological polar surface area (TPSA) is 72.7 Å². The molecule has 9 heteroatoms. The van der Waals surface area contributed by atoms with Gasteiger partial charge in [-0.1, -0.05) is 12.1 Å². The minimum absolute atomic E-state index is 0.138. The first-order valence-corrected chi connectivity index (χ1v) is 6.80. The van der Waals surface area contributed by atoms with Crippen LogP contribution in [0.2, 0.25) is 0 Å². The van der Waals surface area contributed by atoms with Gasteiger partial charge in [0.2, 0.25) is 11.7 Å². The lowest BCUT2D eigenvalue weighted by Gasteiger charge is -2.05. The van der Waals surface area contributed by atoms with Crippen LogP contribution >= 0.6 is 0 Å². The SMILES string of the molecule is O=C(Cn1nnc(-c2cccc(F)c2)n1)Nc1cc(F)ccc1F. The van der Waals surface area contributed by atoms with Crippen LogP contribution in [0.5, 0.6) is 0 Å². The number of anilines is 1. The molecule has 1 N–H and O–H groups in total. The van der Waals surface area contributed by atoms with Crippen molar-refractivity contribution in [2.24, 2.45) is 0 Å². The average Bonchev–Trinajstić information content (AvgIpc) is 2.99. The van der Waals surface area contributed by atoms with Gasteiger partial charge in [-0.15, -0.1) is 10.2 Å². The highest BCUT2D eigenvalue weighted by Crippen LogP contribution is 2.16. The zero-order chi connectivity index (χ0) is 17.1. The Morgan fingerprint density at radius 3 is 2.67 bits per heavy atom. The van der Waals surface area contributed by atoms with E-state index in [4.69, 9.17) is 0 Å². The number of benzene rings is 2. The second-order valence-corrected chi connectivity index (χ2v) is 4.83. The first kappa shape index (κ1) is 15.7. The molecule has 6 nitrogen and oxygen atoms in total. The van der Waals surface area contributed by atoms with E-state index in [0.29, 0.717) is 5.56 Å². The lowest BCUT2D eigenvalue weighted by atomic mass is 10.2. The number of nitrogens with zero attached hydrogens (tertiary/aromatic N) is 4. The van der Waals surface area contributed by atoms with Crippen LogP contribution in [0.4, 0.5) is 18.9 Å². The maximum atomic E-state index is 13.5. The fourth-order valence-corrected chi connectivity index (χ4v) is 1.96. The van der Waals surface area contributed by atoms with Gasteiger partial charge in [-0.05, 0) is 29.5 Å². The van der Waals surface area contributed by atoms with E-state index in [1.807, 2.05) is 0 Å². The van der Waals surface area contributed by atoms with Crippen LogP contribution in [0.15, 0.2) is 42.5 Å². The number of nitrogens with one attached hydrogen (secondary N) is 1. The van der Waals surface area contributed by atoms with E-state index in [2.05, 4.69) is 20.7 Å². The summed E-state index contributed by atoms with van der Waals surface area (Å²) >= 11 is 0. The number of halogens is 3. The van der Waals surface area contributed by atoms with Crippen molar-refractivity contribution in [1.82, 2.24) is 20.2 Å². The first-order valence-electron chi connectivity index (χ1n) is 6.80. The number of aromatic nitrogens is 4. The molecule has 0 atom stereocenters. The van der Waals surface area contributed by atoms with Gasteiger partial charge in [0.1, 0.15) is 24.0 Å². The average molecular weight is 333 g/mol. The molecule has 0 aliphatic carbocycles. The maximum absolute atomic E-state index is 13.5. The molecule has 0 spiro atoms. The van der Waals surface area contributed by atoms with E-state index in [1.165, 1.54) is 18.2 Å². The summed E-state index contributed by atoms with van der Waals surface area (Å²) in [5, 5.41) is 13.5. The smallest absolute Gasteiger partial charge is 0.248 e. The highest BCUT2D eigenvalue weighted by atomic mass is 19.1. The van der Waals surface area contributed by atoms with Crippen LogP contribution in [0, 0.1) is 17.5 Å². The molecule has 122 valence electrons. The lowest BCUT2D eigenvalue weighted by molar-refractivity contribution is -0.117. The maximum Gasteiger partial charge on any atom is 0.248 e. The van der Waals surface area contributed by atoms with Crippen molar-refractivity contribution in [1.29, 1.82) is 0 Å². The van der Waals surface area contributed by atoms with Crippen molar-refractivity contribution < 1.29 is 18.0 Å². The number of hydrogen-bond donors (Lipinski definition) is 1. The Bertz CT molecular complexity index is 896. The Labute approximate surface area is 133 Å². The predicted octanol–water partition coefficient (Wildman–Crippen LogP) is 2.40. The van der Waals surface area contributed by atoms with Crippen molar-refractivity contribution in [3.8, 4) is 11.4 Å². The molecule has 1 aromatic heterocycles. The number of rotatable bonds is 4. The van der Waals surface area contributed by atoms with Crippen LogP contribution in [0.1, 0.15) is 0 Å². The molecule has 0 radical (unpaired) electrons. The number of amides is 1. The standard InChI is InChI=1S/C15H10F3N5O/c16-10-3-1-2-9(6-10)15-20-22-23(21-15)8-14(24)19-13-7-11(17)4-5-12(13)18/h1-7H,8H2,(H,19,24). The van der Waals surface area contributed by atoms with Gasteiger partial charge < -0.3 is 5.32 Å². The summed E-state index contributed by atoms with van der Waals surface area (Å²) in [6, 6.07) is 8.28. The Morgan fingerprint density at radius 2 is 1.88 bits per heavy atom. The second kappa shape index (κ2) is 6.49. The van der Waals surface area contributed by atoms with Crippen LogP contribution in [0.3, 0.4) is 0 Å². The zero-order valence-electron chi connectivity index (χ0n) is 12.1. The Morgan fingerprint density at radius 1 is 1.08 bits per heavy atom. The summed E-state index contributed by atoms with van der Waals surface area (Å²) in [6.45, 7) is -0.363. The summed E-state index contributed by atoms with van der Waals surface area (Å²) in [4.78, 5) is 12.8. The van der Waals surface area contributed by atoms with Gasteiger partial charge in [-0.2, -0.15) is 4.80 Å². The summed E-state index contributed by atoms with van der Waals surface area (Å²) < 4.78 is 39.7. The van der Waals surface area contributed by atoms with Gasteiger partial charge in [-0.25, -0.2) is 13.2 Å². The van der Waals surface area contributed by atoms with E-state index >= 15 is 0 Å². The molecule has 0 unspecified atom stereocenters. The number of tetrazole rings is 1. The Kier molecular flexibility index (Phi) is 4.23. The van der Waals surface area contributed by atoms with Crippen LogP contribution in [-0.4, -0.2) is 26.1 Å². The summed E-state index contributed by atoms with van der Waals surface area (Å²) in [5.41, 5.74) is 0.114. The van der Waals surface area contributed by atoms with E-state index in [9.17, 15) is 18.0 Å². The molecule has 3 rings (SSSR count). The monoisotopic (exact) mass is 333 g/mol. The predicted molar refractivity (Wildman–Crippen MR) is 78.2 cm³/mol. The second-order valence-electron chi connectivity index (χ2n) is 4.83. The van der Waals surface area contributed by atoms with Crippen LogP contribution < -0.4 is 5.32 Å². The molecule has 0 saturated heterocycles. The quantitative estimate of drug-likeness (QED) is 0.796. The van der Waals surface area contributed by atoms with E-state index < -0.39 is 23.4 Å². The third-order valence-electron chi connectivity index (χ3n) is 3.02. The van der Waals surface area contributed by atoms with E-state index in [1.54, 1.807) is 6.07 Å². The van der Waals surface area contributed by atoms with Crippen molar-refractivity contribution in [3.63, 3.8) is 0 Å². The molecule has 0 aliphatic heterocycles. The molecule has 0 saturated carbocycles. The van der Waals surface area contributed by atoms with Crippen LogP contribution in [-0.2, 0) is 11.3 Å².